The van der Waals surface area contributed by atoms with E-state index in [4.69, 9.17) is 8.85 Å². The van der Waals surface area contributed by atoms with Gasteiger partial charge >= 0.3 is 6.18 Å². The fourth-order valence-electron chi connectivity index (χ4n) is 6.12. The SMILES string of the molecule is CC(C)(C)[Si](O[C@H]1CN(Cc2ccccc2)CC(O[Si](C)(C)C)(C(F)(F)F)C1)(c1ccccc1)c1ccccc1. The van der Waals surface area contributed by atoms with E-state index in [-0.39, 0.29) is 18.0 Å². The molecular formula is C32H42F3NO2Si2. The van der Waals surface area contributed by atoms with Gasteiger partial charge in [-0.15, -0.1) is 0 Å². The Balaban J connectivity index is 1.85. The summed E-state index contributed by atoms with van der Waals surface area (Å²) < 4.78 is 58.9. The zero-order chi connectivity index (χ0) is 29.2. The van der Waals surface area contributed by atoms with Crippen LogP contribution < -0.4 is 10.4 Å². The highest BCUT2D eigenvalue weighted by atomic mass is 28.4. The first-order valence-electron chi connectivity index (χ1n) is 14.0. The van der Waals surface area contributed by atoms with Crippen molar-refractivity contribution in [3.63, 3.8) is 0 Å². The van der Waals surface area contributed by atoms with Crippen molar-refractivity contribution in [1.82, 2.24) is 4.90 Å². The smallest absolute Gasteiger partial charge is 0.403 e. The number of hydrogen-bond donors (Lipinski definition) is 0. The molecule has 0 saturated carbocycles. The minimum Gasteiger partial charge on any atom is -0.403 e. The third-order valence-corrected chi connectivity index (χ3v) is 13.6. The van der Waals surface area contributed by atoms with E-state index in [9.17, 15) is 0 Å². The molecule has 1 heterocycles. The van der Waals surface area contributed by atoms with Crippen LogP contribution in [0, 0.1) is 0 Å². The molecule has 3 aromatic rings. The normalized spacial score (nSPS) is 21.4. The molecule has 216 valence electrons. The molecule has 0 radical (unpaired) electrons. The van der Waals surface area contributed by atoms with Crippen molar-refractivity contribution in [1.29, 1.82) is 0 Å². The van der Waals surface area contributed by atoms with Crippen molar-refractivity contribution in [3.05, 3.63) is 96.6 Å². The first kappa shape index (κ1) is 30.7. The molecule has 8 heteroatoms. The summed E-state index contributed by atoms with van der Waals surface area (Å²) in [6.07, 6.45) is -5.45. The van der Waals surface area contributed by atoms with Crippen molar-refractivity contribution < 1.29 is 22.0 Å². The lowest BCUT2D eigenvalue weighted by Crippen LogP contribution is -2.71. The topological polar surface area (TPSA) is 21.7 Å². The predicted molar refractivity (Wildman–Crippen MR) is 162 cm³/mol. The molecule has 0 aromatic heterocycles. The Morgan fingerprint density at radius 2 is 1.27 bits per heavy atom. The molecule has 0 spiro atoms. The lowest BCUT2D eigenvalue weighted by atomic mass is 9.90. The number of halogens is 3. The molecule has 0 amide bonds. The second kappa shape index (κ2) is 11.6. The van der Waals surface area contributed by atoms with Gasteiger partial charge in [0, 0.05) is 26.1 Å². The van der Waals surface area contributed by atoms with Crippen molar-refractivity contribution in [2.24, 2.45) is 0 Å². The molecule has 2 atom stereocenters. The van der Waals surface area contributed by atoms with Crippen LogP contribution in [-0.2, 0) is 15.4 Å². The molecule has 0 aliphatic carbocycles. The Morgan fingerprint density at radius 3 is 1.70 bits per heavy atom. The molecule has 40 heavy (non-hydrogen) atoms. The summed E-state index contributed by atoms with van der Waals surface area (Å²) in [5.41, 5.74) is -1.33. The summed E-state index contributed by atoms with van der Waals surface area (Å²) >= 11 is 0. The zero-order valence-corrected chi connectivity index (χ0v) is 26.5. The molecular weight excluding hydrogens is 544 g/mol. The maximum absolute atomic E-state index is 15.2. The Bertz CT molecular complexity index is 1190. The Morgan fingerprint density at radius 1 is 0.800 bits per heavy atom. The van der Waals surface area contributed by atoms with Gasteiger partial charge in [0.2, 0.25) is 0 Å². The summed E-state index contributed by atoms with van der Waals surface area (Å²) in [5, 5.41) is 1.76. The number of nitrogens with zero attached hydrogens (tertiary/aromatic N) is 1. The minimum absolute atomic E-state index is 0.212. The second-order valence-corrected chi connectivity index (χ2v) is 21.7. The van der Waals surface area contributed by atoms with Crippen LogP contribution in [0.4, 0.5) is 13.2 Å². The average molecular weight is 586 g/mol. The van der Waals surface area contributed by atoms with Crippen LogP contribution in [0.5, 0.6) is 0 Å². The molecule has 1 unspecified atom stereocenters. The van der Waals surface area contributed by atoms with Crippen molar-refractivity contribution in [2.75, 3.05) is 13.1 Å². The molecule has 0 N–H and O–H groups in total. The average Bonchev–Trinajstić information content (AvgIpc) is 2.86. The predicted octanol–water partition coefficient (Wildman–Crippen LogP) is 6.99. The number of piperidine rings is 1. The van der Waals surface area contributed by atoms with E-state index >= 15 is 13.2 Å². The summed E-state index contributed by atoms with van der Waals surface area (Å²) in [6.45, 7) is 12.5. The van der Waals surface area contributed by atoms with Crippen LogP contribution in [0.3, 0.4) is 0 Å². The molecule has 1 fully saturated rings. The summed E-state index contributed by atoms with van der Waals surface area (Å²) in [7, 11) is -5.67. The molecule has 3 nitrogen and oxygen atoms in total. The van der Waals surface area contributed by atoms with E-state index in [1.54, 1.807) is 0 Å². The highest BCUT2D eigenvalue weighted by molar-refractivity contribution is 6.99. The first-order valence-corrected chi connectivity index (χ1v) is 19.3. The standard InChI is InChI=1S/C32H42F3NO2Si2/c1-30(2,3)40(28-18-12-8-13-19-28,29-20-14-9-15-21-29)37-27-22-31(32(33,34)35,38-39(4,5)6)25-36(24-27)23-26-16-10-7-11-17-26/h7-21,27H,22-25H2,1-6H3/t27-,31?/m1/s1. The van der Waals surface area contributed by atoms with E-state index in [0.717, 1.165) is 15.9 Å². The molecule has 1 saturated heterocycles. The van der Waals surface area contributed by atoms with Gasteiger partial charge in [0.25, 0.3) is 8.32 Å². The number of hydrogen-bond acceptors (Lipinski definition) is 3. The maximum Gasteiger partial charge on any atom is 0.417 e. The number of likely N-dealkylation sites (tertiary alicyclic amines) is 1. The molecule has 0 bridgehead atoms. The fraction of sp³-hybridized carbons (Fsp3) is 0.438. The fourth-order valence-corrected chi connectivity index (χ4v) is 12.2. The Hall–Kier alpha value is -2.24. The molecule has 1 aliphatic rings. The van der Waals surface area contributed by atoms with E-state index in [2.05, 4.69) is 45.0 Å². The molecule has 4 rings (SSSR count). The van der Waals surface area contributed by atoms with Crippen LogP contribution in [0.1, 0.15) is 32.8 Å². The van der Waals surface area contributed by atoms with Gasteiger partial charge in [-0.1, -0.05) is 112 Å². The molecule has 3 aromatic carbocycles. The second-order valence-electron chi connectivity index (χ2n) is 13.0. The van der Waals surface area contributed by atoms with Crippen molar-refractivity contribution >= 4 is 27.0 Å². The van der Waals surface area contributed by atoms with E-state index < -0.39 is 34.5 Å². The summed E-state index contributed by atoms with van der Waals surface area (Å²) in [4.78, 5) is 1.88. The van der Waals surface area contributed by atoms with Gasteiger partial charge in [-0.3, -0.25) is 4.90 Å². The maximum atomic E-state index is 15.2. The number of alkyl halides is 3. The monoisotopic (exact) mass is 585 g/mol. The number of rotatable bonds is 8. The largest absolute Gasteiger partial charge is 0.417 e. The third-order valence-electron chi connectivity index (χ3n) is 7.53. The summed E-state index contributed by atoms with van der Waals surface area (Å²) in [5.74, 6) is 0. The highest BCUT2D eigenvalue weighted by Crippen LogP contribution is 2.45. The van der Waals surface area contributed by atoms with Crippen LogP contribution in [-0.4, -0.2) is 52.5 Å². The number of benzene rings is 3. The minimum atomic E-state index is -4.55. The van der Waals surface area contributed by atoms with Crippen LogP contribution >= 0.6 is 0 Å². The van der Waals surface area contributed by atoms with E-state index in [1.807, 2.05) is 91.3 Å². The van der Waals surface area contributed by atoms with Crippen molar-refractivity contribution in [2.45, 2.75) is 76.3 Å². The van der Waals surface area contributed by atoms with E-state index in [1.165, 1.54) is 0 Å². The first-order chi connectivity index (χ1) is 18.7. The quantitative estimate of drug-likeness (QED) is 0.266. The lowest BCUT2D eigenvalue weighted by molar-refractivity contribution is -0.274. The van der Waals surface area contributed by atoms with E-state index in [0.29, 0.717) is 13.1 Å². The Labute approximate surface area is 239 Å². The molecule has 1 aliphatic heterocycles. The van der Waals surface area contributed by atoms with Gasteiger partial charge in [0.15, 0.2) is 13.9 Å². The van der Waals surface area contributed by atoms with Gasteiger partial charge in [-0.25, -0.2) is 0 Å². The lowest BCUT2D eigenvalue weighted by Gasteiger charge is -2.52. The zero-order valence-electron chi connectivity index (χ0n) is 24.5. The van der Waals surface area contributed by atoms with Crippen molar-refractivity contribution in [3.8, 4) is 0 Å². The van der Waals surface area contributed by atoms with Crippen LogP contribution in [0.15, 0.2) is 91.0 Å². The highest BCUT2D eigenvalue weighted by Gasteiger charge is 2.62. The van der Waals surface area contributed by atoms with Gasteiger partial charge in [0.1, 0.15) is 0 Å². The third kappa shape index (κ3) is 6.63. The summed E-state index contributed by atoms with van der Waals surface area (Å²) in [6, 6.07) is 29.9. The van der Waals surface area contributed by atoms with Crippen LogP contribution in [0.2, 0.25) is 24.7 Å². The Kier molecular flexibility index (Phi) is 8.88. The van der Waals surface area contributed by atoms with Gasteiger partial charge in [-0.05, 0) is 40.6 Å². The van der Waals surface area contributed by atoms with Gasteiger partial charge < -0.3 is 8.85 Å². The van der Waals surface area contributed by atoms with Crippen LogP contribution in [0.25, 0.3) is 0 Å². The van der Waals surface area contributed by atoms with Gasteiger partial charge in [-0.2, -0.15) is 13.2 Å². The van der Waals surface area contributed by atoms with Gasteiger partial charge in [0.05, 0.1) is 6.10 Å².